The van der Waals surface area contributed by atoms with Crippen molar-refractivity contribution in [3.63, 3.8) is 0 Å². The highest BCUT2D eigenvalue weighted by Gasteiger charge is 2.26. The first kappa shape index (κ1) is 15.0. The van der Waals surface area contributed by atoms with Gasteiger partial charge < -0.3 is 5.73 Å². The summed E-state index contributed by atoms with van der Waals surface area (Å²) in [6.45, 7) is 0. The Hall–Kier alpha value is -2.87. The molecule has 2 N–H and O–H groups in total. The molecule has 1 amide bonds. The zero-order valence-corrected chi connectivity index (χ0v) is 13.1. The smallest absolute Gasteiger partial charge is 0.294 e. The number of hydrogen-bond donors (Lipinski definition) is 1. The van der Waals surface area contributed by atoms with Crippen LogP contribution in [-0.2, 0) is 10.0 Å². The Balaban J connectivity index is 2.24. The number of nitrogens with two attached hydrogens (primary N) is 1. The first-order chi connectivity index (χ1) is 10.9. The van der Waals surface area contributed by atoms with Crippen molar-refractivity contribution in [3.8, 4) is 0 Å². The Morgan fingerprint density at radius 2 is 1.87 bits per heavy atom. The number of nitrogens with zero attached hydrogens (tertiary/aromatic N) is 3. The molecule has 0 aliphatic rings. The van der Waals surface area contributed by atoms with Gasteiger partial charge in [-0.2, -0.15) is 8.42 Å². The summed E-state index contributed by atoms with van der Waals surface area (Å²) in [6, 6.07) is 13.2. The van der Waals surface area contributed by atoms with Crippen LogP contribution in [0.4, 0.5) is 0 Å². The van der Waals surface area contributed by atoms with E-state index in [-0.39, 0.29) is 10.7 Å². The summed E-state index contributed by atoms with van der Waals surface area (Å²) in [5.74, 6) is -0.718. The van der Waals surface area contributed by atoms with Gasteiger partial charge in [0, 0.05) is 18.6 Å². The Morgan fingerprint density at radius 3 is 2.52 bits per heavy atom. The Labute approximate surface area is 133 Å². The van der Waals surface area contributed by atoms with Crippen LogP contribution in [0.5, 0.6) is 0 Å². The summed E-state index contributed by atoms with van der Waals surface area (Å²) in [5, 5.41) is 0.597. The number of hydrogen-bond acceptors (Lipinski definition) is 4. The van der Waals surface area contributed by atoms with E-state index in [0.717, 1.165) is 4.41 Å². The van der Waals surface area contributed by atoms with Crippen LogP contribution in [0.1, 0.15) is 10.5 Å². The molecule has 2 aromatic heterocycles. The molecular formula is C15H14N4O3S. The van der Waals surface area contributed by atoms with Gasteiger partial charge in [-0.15, -0.1) is 0 Å². The molecular weight excluding hydrogens is 316 g/mol. The first-order valence-electron chi connectivity index (χ1n) is 6.73. The van der Waals surface area contributed by atoms with Crippen molar-refractivity contribution in [1.29, 1.82) is 0 Å². The third-order valence-corrected chi connectivity index (χ3v) is 5.10. The van der Waals surface area contributed by atoms with Crippen LogP contribution in [0, 0.1) is 0 Å². The second-order valence-electron chi connectivity index (χ2n) is 4.87. The van der Waals surface area contributed by atoms with E-state index in [1.54, 1.807) is 42.5 Å². The highest BCUT2D eigenvalue weighted by atomic mass is 32.2. The SMILES string of the molecule is CN(n1c(C(N)=O)cc2ccccc21)S(=O)(=O)c1ccccn1. The normalized spacial score (nSPS) is 11.5. The third-order valence-electron chi connectivity index (χ3n) is 3.47. The van der Waals surface area contributed by atoms with Gasteiger partial charge in [-0.25, -0.2) is 14.1 Å². The van der Waals surface area contributed by atoms with Crippen molar-refractivity contribution < 1.29 is 13.2 Å². The molecule has 0 bridgehead atoms. The van der Waals surface area contributed by atoms with Crippen molar-refractivity contribution >= 4 is 26.8 Å². The summed E-state index contributed by atoms with van der Waals surface area (Å²) >= 11 is 0. The van der Waals surface area contributed by atoms with Gasteiger partial charge in [0.1, 0.15) is 5.69 Å². The van der Waals surface area contributed by atoms with E-state index >= 15 is 0 Å². The average Bonchev–Trinajstić information content (AvgIpc) is 2.94. The number of para-hydroxylation sites is 1. The fourth-order valence-electron chi connectivity index (χ4n) is 2.36. The van der Waals surface area contributed by atoms with Crippen LogP contribution in [0.25, 0.3) is 10.9 Å². The van der Waals surface area contributed by atoms with Gasteiger partial charge in [-0.05, 0) is 24.3 Å². The van der Waals surface area contributed by atoms with Gasteiger partial charge in [0.25, 0.3) is 15.9 Å². The molecule has 7 nitrogen and oxygen atoms in total. The fraction of sp³-hybridized carbons (Fsp3) is 0.0667. The molecule has 8 heteroatoms. The van der Waals surface area contributed by atoms with E-state index in [4.69, 9.17) is 5.73 Å². The molecule has 1 aromatic carbocycles. The van der Waals surface area contributed by atoms with Gasteiger partial charge in [-0.3, -0.25) is 4.79 Å². The maximum Gasteiger partial charge on any atom is 0.294 e. The number of fused-ring (bicyclic) bond motifs is 1. The van der Waals surface area contributed by atoms with E-state index < -0.39 is 15.9 Å². The second-order valence-corrected chi connectivity index (χ2v) is 6.77. The molecule has 0 saturated carbocycles. The Bertz CT molecular complexity index is 980. The van der Waals surface area contributed by atoms with E-state index in [2.05, 4.69) is 4.98 Å². The van der Waals surface area contributed by atoms with Gasteiger partial charge in [0.05, 0.1) is 5.52 Å². The highest BCUT2D eigenvalue weighted by molar-refractivity contribution is 7.92. The molecule has 0 spiro atoms. The van der Waals surface area contributed by atoms with Gasteiger partial charge in [0.15, 0.2) is 5.03 Å². The molecule has 0 aliphatic heterocycles. The standard InChI is InChI=1S/C15H14N4O3S/c1-18(23(21,22)14-8-4-5-9-17-14)19-12-7-3-2-6-11(12)10-13(19)15(16)20/h2-10H,1H3,(H2,16,20). The van der Waals surface area contributed by atoms with Crippen LogP contribution in [0.3, 0.4) is 0 Å². The quantitative estimate of drug-likeness (QED) is 0.774. The lowest BCUT2D eigenvalue weighted by Gasteiger charge is -2.22. The number of rotatable bonds is 4. The molecule has 3 aromatic rings. The van der Waals surface area contributed by atoms with Gasteiger partial charge in [0.2, 0.25) is 0 Å². The molecule has 0 atom stereocenters. The molecule has 0 fully saturated rings. The number of pyridine rings is 1. The van der Waals surface area contributed by atoms with Crippen molar-refractivity contribution in [2.45, 2.75) is 5.03 Å². The molecule has 0 unspecified atom stereocenters. The number of sulfonamides is 1. The molecule has 0 aliphatic carbocycles. The lowest BCUT2D eigenvalue weighted by molar-refractivity contribution is 0.0992. The zero-order valence-electron chi connectivity index (χ0n) is 12.2. The number of benzene rings is 1. The molecule has 0 saturated heterocycles. The predicted octanol–water partition coefficient (Wildman–Crippen LogP) is 1.09. The molecule has 2 heterocycles. The Morgan fingerprint density at radius 1 is 1.17 bits per heavy atom. The molecule has 23 heavy (non-hydrogen) atoms. The van der Waals surface area contributed by atoms with E-state index in [9.17, 15) is 13.2 Å². The largest absolute Gasteiger partial charge is 0.364 e. The zero-order chi connectivity index (χ0) is 16.6. The fourth-order valence-corrected chi connectivity index (χ4v) is 3.47. The average molecular weight is 330 g/mol. The molecule has 0 radical (unpaired) electrons. The van der Waals surface area contributed by atoms with Gasteiger partial charge in [-0.1, -0.05) is 24.3 Å². The summed E-state index contributed by atoms with van der Waals surface area (Å²) in [5.41, 5.74) is 6.04. The number of carbonyl (C=O) groups excluding carboxylic acids is 1. The summed E-state index contributed by atoms with van der Waals surface area (Å²) in [4.78, 5) is 15.6. The third kappa shape index (κ3) is 2.42. The lowest BCUT2D eigenvalue weighted by Crippen LogP contribution is -2.39. The van der Waals surface area contributed by atoms with Crippen LogP contribution in [0.15, 0.2) is 59.8 Å². The predicted molar refractivity (Wildman–Crippen MR) is 86.0 cm³/mol. The lowest BCUT2D eigenvalue weighted by atomic mass is 10.2. The van der Waals surface area contributed by atoms with Crippen molar-refractivity contribution in [2.24, 2.45) is 5.73 Å². The van der Waals surface area contributed by atoms with Crippen molar-refractivity contribution in [1.82, 2.24) is 9.66 Å². The highest BCUT2D eigenvalue weighted by Crippen LogP contribution is 2.22. The second kappa shape index (κ2) is 5.40. The van der Waals surface area contributed by atoms with E-state index in [1.807, 2.05) is 0 Å². The van der Waals surface area contributed by atoms with Gasteiger partial charge >= 0.3 is 0 Å². The topological polar surface area (TPSA) is 98.3 Å². The minimum absolute atomic E-state index is 0.0770. The minimum atomic E-state index is -3.93. The number of carbonyl (C=O) groups is 1. The number of amides is 1. The van der Waals surface area contributed by atoms with Crippen molar-refractivity contribution in [3.05, 3.63) is 60.4 Å². The summed E-state index contributed by atoms with van der Waals surface area (Å²) < 4.78 is 27.7. The number of primary amides is 1. The maximum atomic E-state index is 12.7. The number of aromatic nitrogens is 2. The van der Waals surface area contributed by atoms with Crippen molar-refractivity contribution in [2.75, 3.05) is 11.5 Å². The molecule has 118 valence electrons. The minimum Gasteiger partial charge on any atom is -0.364 e. The monoisotopic (exact) mass is 330 g/mol. The van der Waals surface area contributed by atoms with Crippen LogP contribution in [0.2, 0.25) is 0 Å². The Kier molecular flexibility index (Phi) is 3.53. The van der Waals surface area contributed by atoms with Crippen LogP contribution < -0.4 is 10.1 Å². The van der Waals surface area contributed by atoms with Crippen LogP contribution in [-0.4, -0.2) is 31.0 Å². The first-order valence-corrected chi connectivity index (χ1v) is 8.17. The maximum absolute atomic E-state index is 12.7. The summed E-state index contributed by atoms with van der Waals surface area (Å²) in [6.07, 6.45) is 1.39. The van der Waals surface area contributed by atoms with E-state index in [1.165, 1.54) is 24.0 Å². The van der Waals surface area contributed by atoms with Crippen LogP contribution >= 0.6 is 0 Å². The van der Waals surface area contributed by atoms with E-state index in [0.29, 0.717) is 10.9 Å². The molecule has 3 rings (SSSR count). The summed E-state index contributed by atoms with van der Waals surface area (Å²) in [7, 11) is -2.58.